The van der Waals surface area contributed by atoms with E-state index in [9.17, 15) is 30.6 Å². The van der Waals surface area contributed by atoms with Gasteiger partial charge < -0.3 is 50.0 Å². The van der Waals surface area contributed by atoms with Gasteiger partial charge in [0.15, 0.2) is 12.6 Å². The number of rotatable bonds is 3. The fourth-order valence-electron chi connectivity index (χ4n) is 2.50. The molecule has 0 amide bonds. The van der Waals surface area contributed by atoms with Crippen molar-refractivity contribution in [3.8, 4) is 0 Å². The molecule has 0 aromatic carbocycles. The van der Waals surface area contributed by atoms with Gasteiger partial charge in [-0.25, -0.2) is 0 Å². The Balaban J connectivity index is 2.06. The highest BCUT2D eigenvalue weighted by atomic mass is 16.7. The van der Waals surface area contributed by atoms with Crippen LogP contribution in [0.1, 0.15) is 6.92 Å². The third-order valence-corrected chi connectivity index (χ3v) is 3.94. The van der Waals surface area contributed by atoms with Gasteiger partial charge in [0, 0.05) is 0 Å². The van der Waals surface area contributed by atoms with Crippen LogP contribution < -0.4 is 0 Å². The van der Waals surface area contributed by atoms with E-state index in [2.05, 4.69) is 0 Å². The highest BCUT2D eigenvalue weighted by Crippen LogP contribution is 2.28. The average molecular weight is 326 g/mol. The standard InChI is InChI=1S/C12H22O10/c1-3-5(14)7(16)9(18)12(20-3)22-10-8(17)6(15)4(2-13)21-11(10)19/h3-19H,2H2,1H3/t3?,4?,5-,6+,7+,8+,9?,10?,11?,12+/m1/s1. The number of hydrogen-bond acceptors (Lipinski definition) is 10. The molecule has 0 saturated carbocycles. The first kappa shape index (κ1) is 17.9. The van der Waals surface area contributed by atoms with E-state index in [0.29, 0.717) is 0 Å². The van der Waals surface area contributed by atoms with E-state index >= 15 is 0 Å². The van der Waals surface area contributed by atoms with E-state index in [1.807, 2.05) is 0 Å². The van der Waals surface area contributed by atoms with Gasteiger partial charge in [0.2, 0.25) is 0 Å². The normalized spacial score (nSPS) is 53.5. The molecule has 2 fully saturated rings. The average Bonchev–Trinajstić information content (AvgIpc) is 2.49. The predicted octanol–water partition coefficient (Wildman–Crippen LogP) is -4.37. The van der Waals surface area contributed by atoms with Crippen LogP contribution in [0.3, 0.4) is 0 Å². The van der Waals surface area contributed by atoms with E-state index in [4.69, 9.17) is 19.3 Å². The van der Waals surface area contributed by atoms with Gasteiger partial charge in [-0.15, -0.1) is 0 Å². The molecule has 0 aliphatic carbocycles. The van der Waals surface area contributed by atoms with Gasteiger partial charge in [0.1, 0.15) is 42.7 Å². The molecular weight excluding hydrogens is 304 g/mol. The van der Waals surface area contributed by atoms with E-state index in [1.165, 1.54) is 6.92 Å². The van der Waals surface area contributed by atoms with Crippen LogP contribution in [0, 0.1) is 0 Å². The third kappa shape index (κ3) is 3.26. The van der Waals surface area contributed by atoms with E-state index in [0.717, 1.165) is 0 Å². The quantitative estimate of drug-likeness (QED) is 0.269. The molecule has 7 N–H and O–H groups in total. The molecule has 2 aliphatic heterocycles. The monoisotopic (exact) mass is 326 g/mol. The summed E-state index contributed by atoms with van der Waals surface area (Å²) in [4.78, 5) is 0. The van der Waals surface area contributed by atoms with Crippen molar-refractivity contribution in [3.63, 3.8) is 0 Å². The zero-order valence-electron chi connectivity index (χ0n) is 11.8. The van der Waals surface area contributed by atoms with Crippen molar-refractivity contribution in [1.29, 1.82) is 0 Å². The van der Waals surface area contributed by atoms with E-state index < -0.39 is 68.0 Å². The van der Waals surface area contributed by atoms with Crippen molar-refractivity contribution in [2.45, 2.75) is 68.3 Å². The lowest BCUT2D eigenvalue weighted by Gasteiger charge is -2.44. The minimum absolute atomic E-state index is 0.619. The lowest BCUT2D eigenvalue weighted by atomic mass is 9.97. The van der Waals surface area contributed by atoms with Crippen molar-refractivity contribution in [1.82, 2.24) is 0 Å². The maximum atomic E-state index is 9.93. The van der Waals surface area contributed by atoms with Gasteiger partial charge >= 0.3 is 0 Å². The van der Waals surface area contributed by atoms with Crippen LogP contribution in [0.15, 0.2) is 0 Å². The van der Waals surface area contributed by atoms with Crippen LogP contribution in [0.25, 0.3) is 0 Å². The number of aliphatic hydroxyl groups is 7. The number of aliphatic hydroxyl groups excluding tert-OH is 7. The van der Waals surface area contributed by atoms with E-state index in [1.54, 1.807) is 0 Å². The number of hydrogen-bond donors (Lipinski definition) is 7. The molecule has 0 bridgehead atoms. The molecule has 2 heterocycles. The second-order valence-electron chi connectivity index (χ2n) is 5.51. The van der Waals surface area contributed by atoms with Crippen LogP contribution in [-0.4, -0.2) is 104 Å². The Kier molecular flexibility index (Phi) is 5.72. The van der Waals surface area contributed by atoms with E-state index in [-0.39, 0.29) is 0 Å². The van der Waals surface area contributed by atoms with Crippen molar-refractivity contribution in [2.24, 2.45) is 0 Å². The van der Waals surface area contributed by atoms with Gasteiger partial charge in [-0.3, -0.25) is 0 Å². The Morgan fingerprint density at radius 2 is 1.45 bits per heavy atom. The smallest absolute Gasteiger partial charge is 0.187 e. The van der Waals surface area contributed by atoms with Crippen LogP contribution in [-0.2, 0) is 14.2 Å². The Bertz CT molecular complexity index is 368. The Morgan fingerprint density at radius 3 is 2.05 bits per heavy atom. The highest BCUT2D eigenvalue weighted by Gasteiger charge is 2.49. The van der Waals surface area contributed by atoms with Crippen LogP contribution in [0.4, 0.5) is 0 Å². The molecule has 5 unspecified atom stereocenters. The molecule has 130 valence electrons. The number of ether oxygens (including phenoxy) is 3. The molecule has 2 aliphatic rings. The zero-order valence-corrected chi connectivity index (χ0v) is 11.8. The minimum Gasteiger partial charge on any atom is -0.394 e. The van der Waals surface area contributed by atoms with Crippen molar-refractivity contribution in [2.75, 3.05) is 6.61 Å². The predicted molar refractivity (Wildman–Crippen MR) is 67.2 cm³/mol. The van der Waals surface area contributed by atoms with Gasteiger partial charge in [0.25, 0.3) is 0 Å². The maximum Gasteiger partial charge on any atom is 0.187 e. The molecule has 2 saturated heterocycles. The summed E-state index contributed by atoms with van der Waals surface area (Å²) in [6.45, 7) is 0.823. The second-order valence-corrected chi connectivity index (χ2v) is 5.51. The van der Waals surface area contributed by atoms with Crippen LogP contribution >= 0.6 is 0 Å². The topological polar surface area (TPSA) is 169 Å². The van der Waals surface area contributed by atoms with Crippen molar-refractivity contribution in [3.05, 3.63) is 0 Å². The molecule has 0 radical (unpaired) electrons. The second kappa shape index (κ2) is 7.01. The summed E-state index contributed by atoms with van der Waals surface area (Å²) in [6, 6.07) is 0. The zero-order chi connectivity index (χ0) is 16.6. The van der Waals surface area contributed by atoms with Gasteiger partial charge in [-0.05, 0) is 6.92 Å². The summed E-state index contributed by atoms with van der Waals surface area (Å²) in [5.74, 6) is 0. The SMILES string of the molecule is CC1O[C@@H](OC2C(O)OC(CO)[C@H](O)[C@@H]2O)C(O)[C@@H](O)[C@@H]1O. The molecule has 0 aromatic heterocycles. The Hall–Kier alpha value is -0.400. The minimum atomic E-state index is -1.69. The summed E-state index contributed by atoms with van der Waals surface area (Å²) in [5.41, 5.74) is 0. The molecule has 10 nitrogen and oxygen atoms in total. The summed E-state index contributed by atoms with van der Waals surface area (Å²) in [6.07, 6.45) is -14.3. The first-order valence-corrected chi connectivity index (χ1v) is 6.93. The summed E-state index contributed by atoms with van der Waals surface area (Å²) in [5, 5.41) is 67.5. The molecule has 0 aromatic rings. The van der Waals surface area contributed by atoms with Crippen molar-refractivity contribution >= 4 is 0 Å². The molecule has 22 heavy (non-hydrogen) atoms. The highest BCUT2D eigenvalue weighted by molar-refractivity contribution is 4.92. The summed E-state index contributed by atoms with van der Waals surface area (Å²) in [7, 11) is 0. The third-order valence-electron chi connectivity index (χ3n) is 3.94. The fourth-order valence-corrected chi connectivity index (χ4v) is 2.50. The lowest BCUT2D eigenvalue weighted by molar-refractivity contribution is -0.358. The molecule has 2 rings (SSSR count). The molecule has 10 atom stereocenters. The molecule has 0 spiro atoms. The lowest BCUT2D eigenvalue weighted by Crippen LogP contribution is -2.63. The van der Waals surface area contributed by atoms with Gasteiger partial charge in [-0.2, -0.15) is 0 Å². The van der Waals surface area contributed by atoms with Gasteiger partial charge in [0.05, 0.1) is 12.7 Å². The first-order chi connectivity index (χ1) is 10.3. The maximum absolute atomic E-state index is 9.93. The van der Waals surface area contributed by atoms with Gasteiger partial charge in [-0.1, -0.05) is 0 Å². The summed E-state index contributed by atoms with van der Waals surface area (Å²) < 4.78 is 15.3. The fraction of sp³-hybridized carbons (Fsp3) is 1.00. The largest absolute Gasteiger partial charge is 0.394 e. The first-order valence-electron chi connectivity index (χ1n) is 6.93. The van der Waals surface area contributed by atoms with Crippen LogP contribution in [0.2, 0.25) is 0 Å². The Labute approximate surface area is 126 Å². The molecule has 10 heteroatoms. The Morgan fingerprint density at radius 1 is 0.818 bits per heavy atom. The summed E-state index contributed by atoms with van der Waals surface area (Å²) >= 11 is 0. The van der Waals surface area contributed by atoms with Crippen LogP contribution in [0.5, 0.6) is 0 Å². The van der Waals surface area contributed by atoms with Crippen molar-refractivity contribution < 1.29 is 50.0 Å². The molecular formula is C12H22O10.